The third kappa shape index (κ3) is 5.77. The molecule has 1 amide bonds. The maximum Gasteiger partial charge on any atom is 0.246 e. The maximum absolute atomic E-state index is 11.9. The Balaban J connectivity index is 1.32. The van der Waals surface area contributed by atoms with Gasteiger partial charge in [-0.3, -0.25) is 4.79 Å². The summed E-state index contributed by atoms with van der Waals surface area (Å²) in [5.74, 6) is -0.0844. The molecule has 0 unspecified atom stereocenters. The second-order valence-electron chi connectivity index (χ2n) is 6.19. The fourth-order valence-electron chi connectivity index (χ4n) is 2.87. The molecule has 0 aliphatic rings. The Morgan fingerprint density at radius 2 is 1.93 bits per heavy atom. The third-order valence-corrected chi connectivity index (χ3v) is 5.24. The predicted octanol–water partition coefficient (Wildman–Crippen LogP) is 3.85. The molecule has 0 saturated heterocycles. The average molecular weight is 384 g/mol. The molecule has 0 aliphatic carbocycles. The van der Waals surface area contributed by atoms with E-state index in [1.807, 2.05) is 42.5 Å². The van der Waals surface area contributed by atoms with Crippen LogP contribution in [0.3, 0.4) is 0 Å². The highest BCUT2D eigenvalue weighted by molar-refractivity contribution is 7.18. The number of nitrogens with one attached hydrogen (secondary N) is 1. The summed E-state index contributed by atoms with van der Waals surface area (Å²) < 4.78 is 6.64. The number of ether oxygens (including phenoxy) is 1. The highest BCUT2D eigenvalue weighted by atomic mass is 32.1. The van der Waals surface area contributed by atoms with Crippen molar-refractivity contribution in [2.45, 2.75) is 20.0 Å². The first-order chi connectivity index (χ1) is 13.3. The number of carbonyl (C=O) groups is 1. The Kier molecular flexibility index (Phi) is 7.19. The van der Waals surface area contributed by atoms with Crippen LogP contribution in [0, 0.1) is 0 Å². The van der Waals surface area contributed by atoms with Crippen molar-refractivity contribution < 1.29 is 9.53 Å². The number of aromatic nitrogens is 1. The van der Waals surface area contributed by atoms with Gasteiger partial charge in [0.15, 0.2) is 0 Å². The summed E-state index contributed by atoms with van der Waals surface area (Å²) in [6, 6.07) is 18.3. The Morgan fingerprint density at radius 3 is 2.70 bits per heavy atom. The zero-order chi connectivity index (χ0) is 18.9. The molecule has 0 radical (unpaired) electrons. The van der Waals surface area contributed by atoms with Gasteiger partial charge in [0.25, 0.3) is 0 Å². The highest BCUT2D eigenvalue weighted by Gasteiger charge is 2.07. The molecule has 0 fully saturated rings. The second-order valence-corrected chi connectivity index (χ2v) is 7.30. The number of nitrogens with zero attached hydrogens (tertiary/aromatic N) is 2. The minimum Gasteiger partial charge on any atom is -0.372 e. The van der Waals surface area contributed by atoms with Crippen LogP contribution in [0.4, 0.5) is 5.69 Å². The first-order valence-corrected chi connectivity index (χ1v) is 10.1. The number of amides is 1. The van der Waals surface area contributed by atoms with E-state index in [2.05, 4.69) is 34.3 Å². The Morgan fingerprint density at radius 1 is 1.15 bits per heavy atom. The zero-order valence-electron chi connectivity index (χ0n) is 15.6. The number of hydrogen-bond donors (Lipinski definition) is 1. The second kappa shape index (κ2) is 10.0. The number of fused-ring (bicyclic) bond motifs is 1. The number of hydrogen-bond acceptors (Lipinski definition) is 5. The molecule has 2 aromatic carbocycles. The smallest absolute Gasteiger partial charge is 0.246 e. The van der Waals surface area contributed by atoms with E-state index in [0.29, 0.717) is 13.2 Å². The summed E-state index contributed by atoms with van der Waals surface area (Å²) in [7, 11) is 0. The lowest BCUT2D eigenvalue weighted by Crippen LogP contribution is -2.31. The molecule has 5 nitrogen and oxygen atoms in total. The summed E-state index contributed by atoms with van der Waals surface area (Å²) in [4.78, 5) is 18.7. The van der Waals surface area contributed by atoms with Crippen LogP contribution in [0.5, 0.6) is 0 Å². The maximum atomic E-state index is 11.9. The van der Waals surface area contributed by atoms with Gasteiger partial charge in [0, 0.05) is 25.3 Å². The van der Waals surface area contributed by atoms with Gasteiger partial charge in [-0.2, -0.15) is 0 Å². The van der Waals surface area contributed by atoms with Gasteiger partial charge in [0.2, 0.25) is 5.91 Å². The van der Waals surface area contributed by atoms with Crippen molar-refractivity contribution in [2.24, 2.45) is 0 Å². The molecule has 142 valence electrons. The lowest BCUT2D eigenvalue weighted by atomic mass is 10.2. The van der Waals surface area contributed by atoms with Gasteiger partial charge in [-0.25, -0.2) is 4.98 Å². The van der Waals surface area contributed by atoms with Crippen molar-refractivity contribution in [3.05, 3.63) is 59.6 Å². The van der Waals surface area contributed by atoms with Crippen molar-refractivity contribution in [3.8, 4) is 0 Å². The summed E-state index contributed by atoms with van der Waals surface area (Å²) >= 11 is 1.60. The van der Waals surface area contributed by atoms with Crippen LogP contribution < -0.4 is 10.2 Å². The van der Waals surface area contributed by atoms with E-state index in [4.69, 9.17) is 4.74 Å². The molecule has 3 rings (SSSR count). The topological polar surface area (TPSA) is 54.5 Å². The molecule has 0 bridgehead atoms. The lowest BCUT2D eigenvalue weighted by Gasteiger charge is -2.23. The first kappa shape index (κ1) is 19.3. The molecule has 0 spiro atoms. The Hall–Kier alpha value is -2.44. The lowest BCUT2D eigenvalue weighted by molar-refractivity contribution is -0.126. The molecule has 3 aromatic rings. The van der Waals surface area contributed by atoms with Crippen LogP contribution in [0.15, 0.2) is 54.6 Å². The van der Waals surface area contributed by atoms with Crippen molar-refractivity contribution in [1.82, 2.24) is 10.3 Å². The molecule has 1 N–H and O–H groups in total. The normalized spacial score (nSPS) is 10.9. The number of rotatable bonds is 10. The van der Waals surface area contributed by atoms with Crippen LogP contribution in [0.1, 0.15) is 18.4 Å². The van der Waals surface area contributed by atoms with Gasteiger partial charge in [-0.1, -0.05) is 30.3 Å². The number of thiazole rings is 1. The first-order valence-electron chi connectivity index (χ1n) is 9.25. The molecule has 27 heavy (non-hydrogen) atoms. The van der Waals surface area contributed by atoms with Gasteiger partial charge < -0.3 is 15.0 Å². The van der Waals surface area contributed by atoms with E-state index >= 15 is 0 Å². The van der Waals surface area contributed by atoms with Gasteiger partial charge >= 0.3 is 0 Å². The largest absolute Gasteiger partial charge is 0.372 e. The fraction of sp³-hybridized carbons (Fsp3) is 0.333. The SMILES string of the molecule is CCN(CCCNC(=O)COCc1nc2ccccc2s1)c1ccccc1. The van der Waals surface area contributed by atoms with E-state index in [-0.39, 0.29) is 12.5 Å². The molecule has 0 aliphatic heterocycles. The number of para-hydroxylation sites is 2. The van der Waals surface area contributed by atoms with E-state index in [1.165, 1.54) is 5.69 Å². The number of carbonyl (C=O) groups excluding carboxylic acids is 1. The quantitative estimate of drug-likeness (QED) is 0.541. The van der Waals surface area contributed by atoms with Crippen LogP contribution in [-0.2, 0) is 16.1 Å². The predicted molar refractivity (Wildman–Crippen MR) is 111 cm³/mol. The zero-order valence-corrected chi connectivity index (χ0v) is 16.4. The van der Waals surface area contributed by atoms with E-state index < -0.39 is 0 Å². The summed E-state index contributed by atoms with van der Waals surface area (Å²) in [5.41, 5.74) is 2.19. The minimum absolute atomic E-state index is 0.0616. The monoisotopic (exact) mass is 383 g/mol. The molecule has 0 saturated carbocycles. The highest BCUT2D eigenvalue weighted by Crippen LogP contribution is 2.21. The van der Waals surface area contributed by atoms with Crippen molar-refractivity contribution in [2.75, 3.05) is 31.1 Å². The van der Waals surface area contributed by atoms with Crippen molar-refractivity contribution >= 4 is 33.1 Å². The molecule has 1 aromatic heterocycles. The molecule has 0 atom stereocenters. The van der Waals surface area contributed by atoms with Gasteiger partial charge in [0.05, 0.1) is 16.8 Å². The van der Waals surface area contributed by atoms with Crippen LogP contribution in [0.25, 0.3) is 10.2 Å². The number of anilines is 1. The van der Waals surface area contributed by atoms with E-state index in [1.54, 1.807) is 11.3 Å². The van der Waals surface area contributed by atoms with Crippen molar-refractivity contribution in [3.63, 3.8) is 0 Å². The molecule has 6 heteroatoms. The third-order valence-electron chi connectivity index (χ3n) is 4.23. The van der Waals surface area contributed by atoms with Gasteiger partial charge in [0.1, 0.15) is 11.6 Å². The molecular formula is C21H25N3O2S. The summed E-state index contributed by atoms with van der Waals surface area (Å²) in [6.45, 7) is 5.07. The van der Waals surface area contributed by atoms with Gasteiger partial charge in [-0.15, -0.1) is 11.3 Å². The molecular weight excluding hydrogens is 358 g/mol. The van der Waals surface area contributed by atoms with Crippen LogP contribution >= 0.6 is 11.3 Å². The summed E-state index contributed by atoms with van der Waals surface area (Å²) in [5, 5.41) is 3.81. The minimum atomic E-state index is -0.0844. The Bertz CT molecular complexity index is 818. The fourth-order valence-corrected chi connectivity index (χ4v) is 3.78. The van der Waals surface area contributed by atoms with Gasteiger partial charge in [-0.05, 0) is 37.6 Å². The van der Waals surface area contributed by atoms with Crippen LogP contribution in [-0.4, -0.2) is 37.1 Å². The van der Waals surface area contributed by atoms with E-state index in [0.717, 1.165) is 34.7 Å². The van der Waals surface area contributed by atoms with Crippen LogP contribution in [0.2, 0.25) is 0 Å². The number of benzene rings is 2. The summed E-state index contributed by atoms with van der Waals surface area (Å²) in [6.07, 6.45) is 0.895. The average Bonchev–Trinajstić information content (AvgIpc) is 3.11. The van der Waals surface area contributed by atoms with E-state index in [9.17, 15) is 4.79 Å². The molecule has 1 heterocycles. The van der Waals surface area contributed by atoms with Crippen molar-refractivity contribution in [1.29, 1.82) is 0 Å². The Labute approximate surface area is 164 Å². The standard InChI is InChI=1S/C21H25N3O2S/c1-2-24(17-9-4-3-5-10-17)14-8-13-22-20(25)15-26-16-21-23-18-11-6-7-12-19(18)27-21/h3-7,9-12H,2,8,13-16H2,1H3,(H,22,25).